The van der Waals surface area contributed by atoms with E-state index in [0.29, 0.717) is 50.7 Å². The number of imide groups is 1. The summed E-state index contributed by atoms with van der Waals surface area (Å²) >= 11 is 2.34. The van der Waals surface area contributed by atoms with Crippen LogP contribution in [-0.2, 0) is 73.2 Å². The Labute approximate surface area is 514 Å². The first-order chi connectivity index (χ1) is 40.6. The summed E-state index contributed by atoms with van der Waals surface area (Å²) in [5.74, 6) is -4.11. The number of likely N-dealkylation sites (tertiary alicyclic amines) is 1. The summed E-state index contributed by atoms with van der Waals surface area (Å²) in [6.07, 6.45) is 9.84. The molecule has 0 aromatic heterocycles. The number of aliphatic hydroxyl groups is 1. The van der Waals surface area contributed by atoms with Crippen LogP contribution in [0.25, 0.3) is 0 Å². The number of rotatable bonds is 21. The second kappa shape index (κ2) is 30.6. The molecule has 14 atom stereocenters. The van der Waals surface area contributed by atoms with Gasteiger partial charge in [0.2, 0.25) is 23.6 Å². The number of carbonyl (C=O) groups excluding carboxylic acids is 9. The van der Waals surface area contributed by atoms with E-state index in [1.807, 2.05) is 44.2 Å². The molecular weight excluding hydrogens is 1150 g/mol. The lowest BCUT2D eigenvalue weighted by Gasteiger charge is -2.47. The number of benzene rings is 1. The predicted octanol–water partition coefficient (Wildman–Crippen LogP) is 7.01. The Bertz CT molecular complexity index is 2770. The summed E-state index contributed by atoms with van der Waals surface area (Å²) in [6, 6.07) is 2.78. The number of likely N-dealkylation sites (N-methyl/N-ethyl adjacent to an activating group) is 1. The van der Waals surface area contributed by atoms with Crippen molar-refractivity contribution < 1.29 is 81.4 Å². The van der Waals surface area contributed by atoms with Crippen LogP contribution in [0, 0.1) is 24.7 Å². The number of carbonyl (C=O) groups is 9. The molecule has 2 aliphatic carbocycles. The lowest BCUT2D eigenvalue weighted by molar-refractivity contribution is -0.173. The van der Waals surface area contributed by atoms with E-state index in [-0.39, 0.29) is 97.1 Å². The van der Waals surface area contributed by atoms with E-state index < -0.39 is 89.0 Å². The molecule has 3 heterocycles. The van der Waals surface area contributed by atoms with Gasteiger partial charge in [0.05, 0.1) is 30.5 Å². The van der Waals surface area contributed by atoms with Crippen molar-refractivity contribution in [2.75, 3.05) is 53.0 Å². The lowest BCUT2D eigenvalue weighted by atomic mass is 9.75. The van der Waals surface area contributed by atoms with Crippen LogP contribution in [0.15, 0.2) is 48.1 Å². The monoisotopic (exact) mass is 1240 g/mol. The topological polar surface area (TPSA) is 272 Å². The number of hydrogen-bond donors (Lipinski definition) is 3. The Hall–Kier alpha value is -5.59. The molecule has 5 aliphatic rings. The van der Waals surface area contributed by atoms with E-state index in [0.717, 1.165) is 34.0 Å². The fourth-order valence-corrected chi connectivity index (χ4v) is 13.1. The molecule has 3 aliphatic heterocycles. The average molecular weight is 1240 g/mol. The van der Waals surface area contributed by atoms with Crippen LogP contribution in [-0.4, -0.2) is 179 Å². The van der Waals surface area contributed by atoms with Gasteiger partial charge in [-0.15, -0.1) is 0 Å². The van der Waals surface area contributed by atoms with Crippen LogP contribution >= 0.6 is 23.5 Å². The molecule has 9 unspecified atom stereocenters. The van der Waals surface area contributed by atoms with Gasteiger partial charge in [0, 0.05) is 76.4 Å². The SMILES string of the molecule is COc1cc2cc(c1C)C(C)C(=O)C[C@H](OC(=O)[C@H](C)N(C)C(=O)CCSC(=O)C(C)CCC(C)C(=O)OC1/C=C/CC(OCC(=O)NCCN3C(=O)CC(SC)C3=O)CCC1)[C@]1(C)O[C@H]1[C@H](C)C1(C)CC(O)(NC(=O)O1)C(OC)/C=C/C=C(\C)C2. The molecule has 476 valence electrons. The number of allylic oxidation sites excluding steroid dienone is 3. The number of nitrogens with zero attached hydrogens (tertiary/aromatic N) is 2. The number of hydrogen-bond acceptors (Lipinski definition) is 19. The van der Waals surface area contributed by atoms with Crippen LogP contribution in [0.3, 0.4) is 0 Å². The molecule has 0 spiro atoms. The van der Waals surface area contributed by atoms with Crippen molar-refractivity contribution in [2.24, 2.45) is 17.8 Å². The van der Waals surface area contributed by atoms with Crippen molar-refractivity contribution in [3.8, 4) is 5.75 Å². The minimum absolute atomic E-state index is 0.0710. The fourth-order valence-electron chi connectivity index (χ4n) is 11.6. The number of fused-ring (bicyclic) bond motifs is 5. The Kier molecular flexibility index (Phi) is 24.7. The number of epoxide rings is 1. The van der Waals surface area contributed by atoms with E-state index in [1.165, 1.54) is 42.6 Å². The van der Waals surface area contributed by atoms with Gasteiger partial charge in [-0.1, -0.05) is 75.4 Å². The van der Waals surface area contributed by atoms with Crippen molar-refractivity contribution in [3.05, 3.63) is 64.8 Å². The van der Waals surface area contributed by atoms with E-state index >= 15 is 0 Å². The first-order valence-electron chi connectivity index (χ1n) is 29.8. The summed E-state index contributed by atoms with van der Waals surface area (Å²) in [5.41, 5.74) is -1.16. The van der Waals surface area contributed by atoms with E-state index in [1.54, 1.807) is 67.1 Å². The number of alkyl carbamates (subject to hydrolysis) is 1. The number of methoxy groups -OCH3 is 2. The molecule has 0 radical (unpaired) electrons. The van der Waals surface area contributed by atoms with Crippen LogP contribution in [0.4, 0.5) is 4.79 Å². The van der Waals surface area contributed by atoms with Crippen molar-refractivity contribution in [3.63, 3.8) is 0 Å². The highest BCUT2D eigenvalue weighted by atomic mass is 32.2. The highest BCUT2D eigenvalue weighted by Crippen LogP contribution is 2.52. The largest absolute Gasteiger partial charge is 0.496 e. The van der Waals surface area contributed by atoms with Gasteiger partial charge in [-0.3, -0.25) is 43.8 Å². The van der Waals surface area contributed by atoms with Crippen LogP contribution in [0.5, 0.6) is 5.75 Å². The summed E-state index contributed by atoms with van der Waals surface area (Å²) in [4.78, 5) is 122. The molecule has 1 aromatic carbocycles. The third-order valence-electron chi connectivity index (χ3n) is 17.7. The molecule has 0 saturated carbocycles. The second-order valence-electron chi connectivity index (χ2n) is 24.1. The van der Waals surface area contributed by atoms with E-state index in [2.05, 4.69) is 10.6 Å². The highest BCUT2D eigenvalue weighted by molar-refractivity contribution is 8.13. The molecule has 86 heavy (non-hydrogen) atoms. The van der Waals surface area contributed by atoms with Gasteiger partial charge in [0.1, 0.15) is 53.7 Å². The van der Waals surface area contributed by atoms with Gasteiger partial charge >= 0.3 is 18.0 Å². The van der Waals surface area contributed by atoms with E-state index in [4.69, 9.17) is 33.2 Å². The maximum atomic E-state index is 14.6. The molecule has 5 amide bonds. The Morgan fingerprint density at radius 3 is 2.37 bits per heavy atom. The van der Waals surface area contributed by atoms with Crippen molar-refractivity contribution in [1.29, 1.82) is 0 Å². The smallest absolute Gasteiger partial charge is 0.410 e. The zero-order chi connectivity index (χ0) is 63.4. The van der Waals surface area contributed by atoms with Gasteiger partial charge in [-0.25, -0.2) is 9.59 Å². The molecule has 3 fully saturated rings. The van der Waals surface area contributed by atoms with Crippen molar-refractivity contribution in [1.82, 2.24) is 20.4 Å². The number of nitrogens with one attached hydrogen (secondary N) is 2. The van der Waals surface area contributed by atoms with Gasteiger partial charge in [0.25, 0.3) is 0 Å². The highest BCUT2D eigenvalue weighted by Gasteiger charge is 2.67. The molecule has 6 rings (SSSR count). The summed E-state index contributed by atoms with van der Waals surface area (Å²) in [5, 5.41) is 16.8. The van der Waals surface area contributed by atoms with Crippen LogP contribution in [0.1, 0.15) is 142 Å². The maximum absolute atomic E-state index is 14.6. The minimum Gasteiger partial charge on any atom is -0.496 e. The van der Waals surface area contributed by atoms with Gasteiger partial charge in [0.15, 0.2) is 10.8 Å². The predicted molar refractivity (Wildman–Crippen MR) is 324 cm³/mol. The maximum Gasteiger partial charge on any atom is 0.410 e. The number of ether oxygens (including phenoxy) is 7. The Balaban J connectivity index is 0.991. The number of thioether (sulfide) groups is 2. The summed E-state index contributed by atoms with van der Waals surface area (Å²) in [6.45, 7) is 16.0. The molecule has 3 N–H and O–H groups in total. The molecule has 21 nitrogen and oxygen atoms in total. The first-order valence-corrected chi connectivity index (χ1v) is 32.1. The fraction of sp³-hybridized carbons (Fsp3) is 0.667. The molecular formula is C63H90N4O17S2. The lowest BCUT2D eigenvalue weighted by Crippen LogP contribution is -2.67. The average Bonchev–Trinajstić information content (AvgIpc) is 1.60. The van der Waals surface area contributed by atoms with Crippen molar-refractivity contribution in [2.45, 2.75) is 198 Å². The van der Waals surface area contributed by atoms with Crippen molar-refractivity contribution >= 4 is 76.1 Å². The zero-order valence-corrected chi connectivity index (χ0v) is 53.8. The quantitative estimate of drug-likeness (QED) is 0.0367. The van der Waals surface area contributed by atoms with E-state index in [9.17, 15) is 48.3 Å². The molecule has 23 heteroatoms. The van der Waals surface area contributed by atoms with Gasteiger partial charge < -0.3 is 48.5 Å². The first kappa shape index (κ1) is 69.5. The third-order valence-corrected chi connectivity index (χ3v) is 19.7. The Morgan fingerprint density at radius 1 is 0.965 bits per heavy atom. The normalized spacial score (nSPS) is 31.2. The second-order valence-corrected chi connectivity index (χ2v) is 26.3. The van der Waals surface area contributed by atoms with Crippen LogP contribution < -0.4 is 15.4 Å². The number of Topliss-reactive ketones (excluding diaryl/α,β-unsaturated/α-hetero) is 1. The zero-order valence-electron chi connectivity index (χ0n) is 52.2. The number of ketones is 1. The molecule has 4 bridgehead atoms. The van der Waals surface area contributed by atoms with Crippen LogP contribution in [0.2, 0.25) is 0 Å². The summed E-state index contributed by atoms with van der Waals surface area (Å²) in [7, 11) is 4.47. The Morgan fingerprint density at radius 2 is 1.69 bits per heavy atom. The third kappa shape index (κ3) is 17.6. The van der Waals surface area contributed by atoms with Gasteiger partial charge in [-0.05, 0) is 115 Å². The summed E-state index contributed by atoms with van der Waals surface area (Å²) < 4.78 is 41.8. The minimum atomic E-state index is -1.90. The van der Waals surface area contributed by atoms with Gasteiger partial charge in [-0.2, -0.15) is 11.8 Å². The standard InChI is InChI=1S/C63H90N4O17S2/c1-36-17-14-22-50(79-12)63(77)35-61(8,84-60(76)65-63)41(6)55-62(9,83-55)51(32-47(68)39(4)46-30-43(29-36)31-48(78-11)40(46)5)82-58(74)42(7)66(10)53(70)25-28-86-59(75)38(3)24-23-37(2)57(73)81-45-20-15-18-44(19-16-21-45)80-34-52(69)64-26-27-67-54(71)33-49(85-13)56(67)72/h14-15,17,20,22,30-31,37-39,41-42,44-45,49-51,55,77H,16,18-19,21,23-29,32-35H2,1-13H3,(H,64,69)(H,65,76)/b20-15+,22-14+,36-17+/t37?,38?,39?,41-,42-,44?,45?,49?,50?,51-,55-,61?,62-,63?/m0/s1. The molecule has 1 aromatic rings. The number of amides is 5. The molecule has 3 saturated heterocycles. The number of esters is 2.